The molecule has 0 aromatic heterocycles. The van der Waals surface area contributed by atoms with Crippen molar-refractivity contribution in [2.45, 2.75) is 106 Å². The molecule has 0 amide bonds. The summed E-state index contributed by atoms with van der Waals surface area (Å²) in [5.41, 5.74) is 2.74. The van der Waals surface area contributed by atoms with E-state index in [2.05, 4.69) is 47.6 Å². The first-order valence-electron chi connectivity index (χ1n) is 12.9. The molecule has 0 spiro atoms. The molecule has 1 unspecified atom stereocenters. The van der Waals surface area contributed by atoms with Crippen molar-refractivity contribution in [1.82, 2.24) is 0 Å². The largest absolute Gasteiger partial charge is 0.299 e. The molecule has 3 saturated carbocycles. The quantitative estimate of drug-likeness (QED) is 0.431. The molecule has 1 nitrogen and oxygen atoms in total. The lowest BCUT2D eigenvalue weighted by Gasteiger charge is -2.58. The van der Waals surface area contributed by atoms with Gasteiger partial charge in [0.1, 0.15) is 5.78 Å². The second-order valence-electron chi connectivity index (χ2n) is 12.4. The molecule has 8 atom stereocenters. The fraction of sp³-hybridized carbons (Fsp3) is 0.893. The standard InChI is InChI=1S/C28H46O/c1-18(2)8-7-9-19(3)22-12-13-24-21-10-11-23-20(4)26(29)15-17-28(23,6)25(21)14-16-27(22,24)5/h10,18-20,22-25H,7-9,11-17H2,1-6H3/t19-,20+,22-,23?,24+,25+,27-,28+/m1/s1. The van der Waals surface area contributed by atoms with Gasteiger partial charge in [-0.2, -0.15) is 0 Å². The summed E-state index contributed by atoms with van der Waals surface area (Å²) in [7, 11) is 0. The van der Waals surface area contributed by atoms with Crippen LogP contribution in [0.25, 0.3) is 0 Å². The van der Waals surface area contributed by atoms with Gasteiger partial charge in [0.05, 0.1) is 0 Å². The first-order chi connectivity index (χ1) is 13.7. The van der Waals surface area contributed by atoms with Crippen LogP contribution in [0.15, 0.2) is 11.6 Å². The molecule has 0 aromatic carbocycles. The lowest BCUT2D eigenvalue weighted by molar-refractivity contribution is -0.134. The minimum Gasteiger partial charge on any atom is -0.299 e. The third-order valence-corrected chi connectivity index (χ3v) is 10.6. The third-order valence-electron chi connectivity index (χ3n) is 10.6. The Morgan fingerprint density at radius 1 is 1.00 bits per heavy atom. The maximum absolute atomic E-state index is 12.4. The van der Waals surface area contributed by atoms with E-state index in [1.807, 2.05) is 5.57 Å². The summed E-state index contributed by atoms with van der Waals surface area (Å²) in [6.07, 6.45) is 15.7. The van der Waals surface area contributed by atoms with Crippen LogP contribution in [0, 0.1) is 52.3 Å². The molecule has 0 saturated heterocycles. The monoisotopic (exact) mass is 398 g/mol. The first-order valence-corrected chi connectivity index (χ1v) is 12.9. The molecule has 29 heavy (non-hydrogen) atoms. The number of allylic oxidation sites excluding steroid dienone is 2. The Hall–Kier alpha value is -0.590. The Labute approximate surface area is 180 Å². The van der Waals surface area contributed by atoms with Gasteiger partial charge in [0, 0.05) is 12.3 Å². The van der Waals surface area contributed by atoms with Gasteiger partial charge in [-0.3, -0.25) is 4.79 Å². The molecule has 4 aliphatic rings. The van der Waals surface area contributed by atoms with Crippen molar-refractivity contribution in [1.29, 1.82) is 0 Å². The predicted octanol–water partition coefficient (Wildman–Crippen LogP) is 7.84. The molecule has 0 heterocycles. The molecule has 4 aliphatic carbocycles. The third kappa shape index (κ3) is 3.47. The van der Waals surface area contributed by atoms with E-state index in [1.54, 1.807) is 0 Å². The van der Waals surface area contributed by atoms with E-state index in [0.717, 1.165) is 48.9 Å². The van der Waals surface area contributed by atoms with Gasteiger partial charge in [0.15, 0.2) is 0 Å². The number of Topliss-reactive ketones (excluding diaryl/α,β-unsaturated/α-hetero) is 1. The van der Waals surface area contributed by atoms with Crippen LogP contribution in [-0.2, 0) is 4.79 Å². The number of hydrogen-bond acceptors (Lipinski definition) is 1. The van der Waals surface area contributed by atoms with Crippen LogP contribution in [-0.4, -0.2) is 5.78 Å². The van der Waals surface area contributed by atoms with Gasteiger partial charge in [-0.15, -0.1) is 0 Å². The summed E-state index contributed by atoms with van der Waals surface area (Å²) in [6, 6.07) is 0. The van der Waals surface area contributed by atoms with E-state index in [-0.39, 0.29) is 5.92 Å². The second-order valence-corrected chi connectivity index (χ2v) is 12.4. The second kappa shape index (κ2) is 7.83. The SMILES string of the molecule is CC(C)CCC[C@@H](C)[C@H]1CC[C@H]2C3=CCC4[C@H](C)C(=O)CC[C@]4(C)[C@H]3CC[C@]12C. The van der Waals surface area contributed by atoms with Gasteiger partial charge in [-0.1, -0.05) is 72.5 Å². The average Bonchev–Trinajstić information content (AvgIpc) is 3.02. The lowest BCUT2D eigenvalue weighted by atomic mass is 9.46. The van der Waals surface area contributed by atoms with Crippen molar-refractivity contribution in [2.75, 3.05) is 0 Å². The molecule has 0 aromatic rings. The Morgan fingerprint density at radius 2 is 1.72 bits per heavy atom. The Balaban J connectivity index is 1.53. The Kier molecular flexibility index (Phi) is 5.84. The summed E-state index contributed by atoms with van der Waals surface area (Å²) in [5, 5.41) is 0. The molecule has 3 fully saturated rings. The zero-order chi connectivity index (χ0) is 21.0. The number of carbonyl (C=O) groups excluding carboxylic acids is 1. The van der Waals surface area contributed by atoms with E-state index >= 15 is 0 Å². The van der Waals surface area contributed by atoms with Gasteiger partial charge in [-0.25, -0.2) is 0 Å². The Morgan fingerprint density at radius 3 is 2.45 bits per heavy atom. The number of carbonyl (C=O) groups is 1. The molecule has 0 radical (unpaired) electrons. The summed E-state index contributed by atoms with van der Waals surface area (Å²) >= 11 is 0. The summed E-state index contributed by atoms with van der Waals surface area (Å²) in [6.45, 7) is 14.7. The molecule has 164 valence electrons. The fourth-order valence-corrected chi connectivity index (χ4v) is 8.78. The van der Waals surface area contributed by atoms with Crippen LogP contribution in [0.5, 0.6) is 0 Å². The average molecular weight is 399 g/mol. The number of fused-ring (bicyclic) bond motifs is 5. The summed E-state index contributed by atoms with van der Waals surface area (Å²) < 4.78 is 0. The van der Waals surface area contributed by atoms with Crippen LogP contribution in [0.1, 0.15) is 106 Å². The van der Waals surface area contributed by atoms with Crippen molar-refractivity contribution in [3.8, 4) is 0 Å². The van der Waals surface area contributed by atoms with Gasteiger partial charge >= 0.3 is 0 Å². The van der Waals surface area contributed by atoms with Gasteiger partial charge in [-0.05, 0) is 84.9 Å². The van der Waals surface area contributed by atoms with Crippen molar-refractivity contribution in [3.63, 3.8) is 0 Å². The maximum atomic E-state index is 12.4. The number of ketones is 1. The first kappa shape index (κ1) is 21.6. The molecule has 0 N–H and O–H groups in total. The maximum Gasteiger partial charge on any atom is 0.136 e. The van der Waals surface area contributed by atoms with Gasteiger partial charge < -0.3 is 0 Å². The fourth-order valence-electron chi connectivity index (χ4n) is 8.78. The van der Waals surface area contributed by atoms with Crippen LogP contribution >= 0.6 is 0 Å². The van der Waals surface area contributed by atoms with Crippen molar-refractivity contribution in [3.05, 3.63) is 11.6 Å². The molecule has 4 rings (SSSR count). The highest BCUT2D eigenvalue weighted by atomic mass is 16.1. The van der Waals surface area contributed by atoms with E-state index in [4.69, 9.17) is 0 Å². The van der Waals surface area contributed by atoms with Gasteiger partial charge in [0.25, 0.3) is 0 Å². The summed E-state index contributed by atoms with van der Waals surface area (Å²) in [5.74, 6) is 5.61. The molecule has 1 heteroatoms. The van der Waals surface area contributed by atoms with Crippen molar-refractivity contribution in [2.24, 2.45) is 52.3 Å². The smallest absolute Gasteiger partial charge is 0.136 e. The lowest BCUT2D eigenvalue weighted by Crippen LogP contribution is -2.51. The van der Waals surface area contributed by atoms with E-state index in [0.29, 0.717) is 22.5 Å². The van der Waals surface area contributed by atoms with Crippen molar-refractivity contribution < 1.29 is 4.79 Å². The zero-order valence-corrected chi connectivity index (χ0v) is 20.1. The van der Waals surface area contributed by atoms with Crippen LogP contribution in [0.3, 0.4) is 0 Å². The molecular formula is C28H46O. The van der Waals surface area contributed by atoms with Crippen LogP contribution in [0.4, 0.5) is 0 Å². The van der Waals surface area contributed by atoms with E-state index in [1.165, 1.54) is 44.9 Å². The van der Waals surface area contributed by atoms with E-state index in [9.17, 15) is 4.79 Å². The normalized spacial score (nSPS) is 45.4. The molecular weight excluding hydrogens is 352 g/mol. The summed E-state index contributed by atoms with van der Waals surface area (Å²) in [4.78, 5) is 12.4. The minimum atomic E-state index is 0.275. The Bertz CT molecular complexity index is 659. The molecule has 0 bridgehead atoms. The van der Waals surface area contributed by atoms with E-state index < -0.39 is 0 Å². The zero-order valence-electron chi connectivity index (χ0n) is 20.1. The minimum absolute atomic E-state index is 0.275. The number of rotatable bonds is 5. The van der Waals surface area contributed by atoms with Crippen LogP contribution < -0.4 is 0 Å². The van der Waals surface area contributed by atoms with Crippen molar-refractivity contribution >= 4 is 5.78 Å². The number of hydrogen-bond donors (Lipinski definition) is 0. The topological polar surface area (TPSA) is 17.1 Å². The highest BCUT2D eigenvalue weighted by Crippen LogP contribution is 2.67. The predicted molar refractivity (Wildman–Crippen MR) is 123 cm³/mol. The highest BCUT2D eigenvalue weighted by Gasteiger charge is 2.59. The van der Waals surface area contributed by atoms with Gasteiger partial charge in [0.2, 0.25) is 0 Å². The van der Waals surface area contributed by atoms with Crippen LogP contribution in [0.2, 0.25) is 0 Å². The highest BCUT2D eigenvalue weighted by molar-refractivity contribution is 5.82. The molecule has 0 aliphatic heterocycles.